The van der Waals surface area contributed by atoms with Gasteiger partial charge in [0.15, 0.2) is 17.9 Å². The molecule has 2 atom stereocenters. The fourth-order valence-corrected chi connectivity index (χ4v) is 1.25. The average Bonchev–Trinajstić information content (AvgIpc) is 2.17. The van der Waals surface area contributed by atoms with Crippen molar-refractivity contribution >= 4 is 7.12 Å². The maximum atomic E-state index is 8.81. The van der Waals surface area contributed by atoms with E-state index in [1.54, 1.807) is 6.08 Å². The van der Waals surface area contributed by atoms with Crippen molar-refractivity contribution in [3.05, 3.63) is 36.2 Å². The van der Waals surface area contributed by atoms with Crippen LogP contribution in [0.25, 0.3) is 0 Å². The fraction of sp³-hybridized carbons (Fsp3) is 0.250. The highest BCUT2D eigenvalue weighted by Crippen LogP contribution is 2.21. The lowest BCUT2D eigenvalue weighted by Crippen LogP contribution is -2.35. The zero-order chi connectivity index (χ0) is 9.26. The minimum absolute atomic E-state index is 0.0428. The lowest BCUT2D eigenvalue weighted by molar-refractivity contribution is 0.00533. The number of rotatable bonds is 1. The quantitative estimate of drug-likeness (QED) is 0.546. The first-order chi connectivity index (χ1) is 6.27. The number of hydrogen-bond donors (Lipinski definition) is 2. The molecule has 2 rings (SSSR count). The minimum Gasteiger partial charge on any atom is -0.487 e. The summed E-state index contributed by atoms with van der Waals surface area (Å²) in [5, 5.41) is 17.6. The zero-order valence-electron chi connectivity index (χ0n) is 6.83. The zero-order valence-corrected chi connectivity index (χ0v) is 6.83. The molecular weight excluding hydrogens is 171 g/mol. The van der Waals surface area contributed by atoms with E-state index in [4.69, 9.17) is 19.5 Å². The van der Waals surface area contributed by atoms with Gasteiger partial charge in [0.25, 0.3) is 0 Å². The first-order valence-electron chi connectivity index (χ1n) is 4.00. The van der Waals surface area contributed by atoms with Crippen LogP contribution in [-0.4, -0.2) is 29.4 Å². The lowest BCUT2D eigenvalue weighted by Gasteiger charge is -2.29. The Labute approximate surface area is 75.9 Å². The molecule has 4 nitrogen and oxygen atoms in total. The van der Waals surface area contributed by atoms with Crippen LogP contribution in [0.5, 0.6) is 0 Å². The van der Waals surface area contributed by atoms with Crippen LogP contribution in [0.15, 0.2) is 36.2 Å². The van der Waals surface area contributed by atoms with Gasteiger partial charge in [-0.15, -0.1) is 0 Å². The van der Waals surface area contributed by atoms with Gasteiger partial charge in [-0.2, -0.15) is 0 Å². The first-order valence-corrected chi connectivity index (χ1v) is 4.00. The molecule has 0 spiro atoms. The van der Waals surface area contributed by atoms with E-state index in [0.717, 1.165) is 0 Å². The summed E-state index contributed by atoms with van der Waals surface area (Å²) in [4.78, 5) is 0. The van der Waals surface area contributed by atoms with Crippen LogP contribution in [0.2, 0.25) is 0 Å². The highest BCUT2D eigenvalue weighted by Gasteiger charge is 2.30. The summed E-state index contributed by atoms with van der Waals surface area (Å²) in [6.45, 7) is 0. The third-order valence-corrected chi connectivity index (χ3v) is 1.90. The SMILES string of the molecule is OB(O)C1=COC2C=CC=CC2O1. The molecule has 2 N–H and O–H groups in total. The van der Waals surface area contributed by atoms with Crippen LogP contribution >= 0.6 is 0 Å². The van der Waals surface area contributed by atoms with Crippen molar-refractivity contribution in [2.75, 3.05) is 0 Å². The largest absolute Gasteiger partial charge is 0.529 e. The van der Waals surface area contributed by atoms with Crippen LogP contribution in [0, 0.1) is 0 Å². The van der Waals surface area contributed by atoms with Gasteiger partial charge in [0.1, 0.15) is 6.26 Å². The first kappa shape index (κ1) is 8.41. The average molecular weight is 180 g/mol. The van der Waals surface area contributed by atoms with Gasteiger partial charge < -0.3 is 19.5 Å². The summed E-state index contributed by atoms with van der Waals surface area (Å²) in [6.07, 6.45) is 8.16. The summed E-state index contributed by atoms with van der Waals surface area (Å²) in [5.74, 6) is 0. The molecule has 1 heterocycles. The molecule has 68 valence electrons. The van der Waals surface area contributed by atoms with E-state index < -0.39 is 7.12 Å². The van der Waals surface area contributed by atoms with Crippen molar-refractivity contribution in [1.82, 2.24) is 0 Å². The summed E-state index contributed by atoms with van der Waals surface area (Å²) in [6, 6.07) is 0. The molecule has 2 unspecified atom stereocenters. The van der Waals surface area contributed by atoms with Crippen LogP contribution < -0.4 is 0 Å². The van der Waals surface area contributed by atoms with Crippen LogP contribution in [-0.2, 0) is 9.47 Å². The number of fused-ring (bicyclic) bond motifs is 1. The third kappa shape index (κ3) is 1.61. The molecule has 0 fully saturated rings. The molecule has 0 saturated carbocycles. The van der Waals surface area contributed by atoms with Crippen molar-refractivity contribution in [3.8, 4) is 0 Å². The summed E-state index contributed by atoms with van der Waals surface area (Å²) >= 11 is 0. The Morgan fingerprint density at radius 2 is 1.85 bits per heavy atom. The molecule has 0 aromatic heterocycles. The Hall–Kier alpha value is -1.20. The number of ether oxygens (including phenoxy) is 2. The van der Waals surface area contributed by atoms with Gasteiger partial charge in [0, 0.05) is 0 Å². The monoisotopic (exact) mass is 180 g/mol. The molecule has 0 bridgehead atoms. The van der Waals surface area contributed by atoms with E-state index in [2.05, 4.69) is 0 Å². The second kappa shape index (κ2) is 3.28. The second-order valence-corrected chi connectivity index (χ2v) is 2.85. The molecule has 1 aliphatic carbocycles. The molecular formula is C8H9BO4. The highest BCUT2D eigenvalue weighted by atomic mass is 16.6. The van der Waals surface area contributed by atoms with Crippen molar-refractivity contribution in [2.45, 2.75) is 12.2 Å². The highest BCUT2D eigenvalue weighted by molar-refractivity contribution is 6.49. The molecule has 0 amide bonds. The van der Waals surface area contributed by atoms with Gasteiger partial charge in [-0.3, -0.25) is 0 Å². The van der Waals surface area contributed by atoms with Gasteiger partial charge in [-0.05, 0) is 12.2 Å². The van der Waals surface area contributed by atoms with Crippen molar-refractivity contribution < 1.29 is 19.5 Å². The Morgan fingerprint density at radius 1 is 1.15 bits per heavy atom. The smallest absolute Gasteiger partial charge is 0.487 e. The topological polar surface area (TPSA) is 58.9 Å². The van der Waals surface area contributed by atoms with Gasteiger partial charge in [0.05, 0.1) is 0 Å². The van der Waals surface area contributed by atoms with Crippen LogP contribution in [0.1, 0.15) is 0 Å². The fourth-order valence-electron chi connectivity index (χ4n) is 1.25. The van der Waals surface area contributed by atoms with Gasteiger partial charge in [0.2, 0.25) is 0 Å². The number of allylic oxidation sites excluding steroid dienone is 2. The molecule has 0 saturated heterocycles. The van der Waals surface area contributed by atoms with E-state index in [-0.39, 0.29) is 17.9 Å². The summed E-state index contributed by atoms with van der Waals surface area (Å²) < 4.78 is 10.5. The van der Waals surface area contributed by atoms with E-state index in [1.165, 1.54) is 6.26 Å². The van der Waals surface area contributed by atoms with Crippen molar-refractivity contribution in [2.24, 2.45) is 0 Å². The molecule has 13 heavy (non-hydrogen) atoms. The van der Waals surface area contributed by atoms with E-state index >= 15 is 0 Å². The molecule has 0 radical (unpaired) electrons. The van der Waals surface area contributed by atoms with Crippen molar-refractivity contribution in [1.29, 1.82) is 0 Å². The van der Waals surface area contributed by atoms with Crippen LogP contribution in [0.4, 0.5) is 0 Å². The number of hydrogen-bond acceptors (Lipinski definition) is 4. The summed E-state index contributed by atoms with van der Waals surface area (Å²) in [5.41, 5.74) is 0.0428. The maximum Gasteiger partial charge on any atom is 0.529 e. The summed E-state index contributed by atoms with van der Waals surface area (Å²) in [7, 11) is -1.61. The second-order valence-electron chi connectivity index (χ2n) is 2.85. The molecule has 1 aliphatic heterocycles. The lowest BCUT2D eigenvalue weighted by atomic mass is 9.88. The van der Waals surface area contributed by atoms with E-state index in [1.807, 2.05) is 18.2 Å². The maximum absolute atomic E-state index is 8.81. The van der Waals surface area contributed by atoms with Crippen LogP contribution in [0.3, 0.4) is 0 Å². The minimum atomic E-state index is -1.61. The Morgan fingerprint density at radius 3 is 2.54 bits per heavy atom. The standard InChI is InChI=1S/C8H9BO4/c10-9(11)8-5-12-6-3-1-2-4-7(6)13-8/h1-7,10-11H. The third-order valence-electron chi connectivity index (χ3n) is 1.90. The van der Waals surface area contributed by atoms with Crippen molar-refractivity contribution in [3.63, 3.8) is 0 Å². The normalized spacial score (nSPS) is 29.8. The molecule has 2 aliphatic rings. The molecule has 0 aromatic rings. The predicted molar refractivity (Wildman–Crippen MR) is 46.3 cm³/mol. The Balaban J connectivity index is 2.12. The Kier molecular flexibility index (Phi) is 2.12. The predicted octanol–water partition coefficient (Wildman–Crippen LogP) is -0.250. The molecule has 5 heteroatoms. The van der Waals surface area contributed by atoms with Gasteiger partial charge >= 0.3 is 7.12 Å². The van der Waals surface area contributed by atoms with E-state index in [0.29, 0.717) is 0 Å². The Bertz CT molecular complexity index is 282. The van der Waals surface area contributed by atoms with Gasteiger partial charge in [-0.1, -0.05) is 12.2 Å². The van der Waals surface area contributed by atoms with E-state index in [9.17, 15) is 0 Å². The van der Waals surface area contributed by atoms with Gasteiger partial charge in [-0.25, -0.2) is 0 Å². The molecule has 0 aromatic carbocycles.